The van der Waals surface area contributed by atoms with Crippen LogP contribution in [-0.4, -0.2) is 100 Å². The number of carbonyl (C=O) groups is 4. The number of amides is 4. The Morgan fingerprint density at radius 3 is 2.74 bits per heavy atom. The van der Waals surface area contributed by atoms with Crippen LogP contribution in [0.25, 0.3) is 0 Å². The Labute approximate surface area is 225 Å². The first kappa shape index (κ1) is 27.4. The molecule has 0 bridgehead atoms. The van der Waals surface area contributed by atoms with E-state index >= 15 is 0 Å². The molecular formula is C25H29BN6O7. The molecule has 3 aliphatic rings. The Hall–Kier alpha value is -4.59. The fraction of sp³-hybridized carbons (Fsp3) is 0.320. The van der Waals surface area contributed by atoms with Gasteiger partial charge >= 0.3 is 30.9 Å². The lowest BCUT2D eigenvalue weighted by Crippen LogP contribution is -2.60. The van der Waals surface area contributed by atoms with Crippen molar-refractivity contribution in [2.24, 2.45) is 10.7 Å². The molecule has 2 atom stereocenters. The Kier molecular flexibility index (Phi) is 8.05. The van der Waals surface area contributed by atoms with E-state index in [2.05, 4.69) is 10.3 Å². The first-order valence-electron chi connectivity index (χ1n) is 12.3. The zero-order valence-corrected chi connectivity index (χ0v) is 21.5. The molecule has 0 aliphatic carbocycles. The van der Waals surface area contributed by atoms with Crippen molar-refractivity contribution >= 4 is 36.8 Å². The number of carboxylic acid groups (broad SMARTS) is 1. The molecule has 4 amide bonds. The average molecular weight is 536 g/mol. The maximum atomic E-state index is 13.2. The van der Waals surface area contributed by atoms with Crippen molar-refractivity contribution in [2.45, 2.75) is 25.3 Å². The number of hydrogen-bond donors (Lipinski definition) is 4. The van der Waals surface area contributed by atoms with Gasteiger partial charge in [0.2, 0.25) is 0 Å². The number of carbonyl (C=O) groups excluding carboxylic acids is 3. The quantitative estimate of drug-likeness (QED) is 0.165. The van der Waals surface area contributed by atoms with Crippen LogP contribution < -0.4 is 15.7 Å². The van der Waals surface area contributed by atoms with Crippen LogP contribution in [0.5, 0.6) is 5.75 Å². The van der Waals surface area contributed by atoms with E-state index in [1.54, 1.807) is 54.6 Å². The van der Waals surface area contributed by atoms with Crippen LogP contribution >= 0.6 is 0 Å². The van der Waals surface area contributed by atoms with Gasteiger partial charge in [0.1, 0.15) is 23.6 Å². The number of allylic oxidation sites excluding steroid dienone is 2. The van der Waals surface area contributed by atoms with E-state index < -0.39 is 42.9 Å². The number of nitrogens with zero attached hydrogens (tertiary/aromatic N) is 4. The number of hydrogen-bond acceptors (Lipinski definition) is 8. The molecule has 5 N–H and O–H groups in total. The summed E-state index contributed by atoms with van der Waals surface area (Å²) in [6.07, 6.45) is 8.78. The number of para-hydroxylation sites is 1. The van der Waals surface area contributed by atoms with Crippen LogP contribution in [0.2, 0.25) is 0 Å². The third-order valence-corrected chi connectivity index (χ3v) is 6.58. The molecule has 204 valence electrons. The molecule has 0 radical (unpaired) electrons. The summed E-state index contributed by atoms with van der Waals surface area (Å²) < 4.78 is 5.50. The number of rotatable bonds is 6. The van der Waals surface area contributed by atoms with Crippen LogP contribution in [0.3, 0.4) is 0 Å². The minimum Gasteiger partial charge on any atom is -0.534 e. The number of aromatic carboxylic acids is 1. The number of carboxylic acids is 1. The van der Waals surface area contributed by atoms with E-state index in [0.29, 0.717) is 17.7 Å². The van der Waals surface area contributed by atoms with Crippen molar-refractivity contribution in [3.05, 3.63) is 65.5 Å². The lowest BCUT2D eigenvalue weighted by Gasteiger charge is -2.33. The molecule has 1 unspecified atom stereocenters. The van der Waals surface area contributed by atoms with Gasteiger partial charge in [0.15, 0.2) is 0 Å². The van der Waals surface area contributed by atoms with Crippen LogP contribution in [0.1, 0.15) is 22.8 Å². The number of urea groups is 1. The summed E-state index contributed by atoms with van der Waals surface area (Å²) in [6, 6.07) is 2.76. The number of benzene rings is 1. The summed E-state index contributed by atoms with van der Waals surface area (Å²) in [5.74, 6) is -3.84. The number of piperazine rings is 1. The molecule has 1 aromatic rings. The summed E-state index contributed by atoms with van der Waals surface area (Å²) in [6.45, 7) is 2.32. The van der Waals surface area contributed by atoms with Gasteiger partial charge in [-0.05, 0) is 42.7 Å². The normalized spacial score (nSPS) is 20.2. The lowest BCUT2D eigenvalue weighted by atomic mass is 9.72. The molecule has 3 aliphatic heterocycles. The van der Waals surface area contributed by atoms with Crippen LogP contribution in [-0.2, 0) is 16.0 Å². The average Bonchev–Trinajstić information content (AvgIpc) is 3.12. The molecular weight excluding hydrogens is 507 g/mol. The molecule has 1 saturated heterocycles. The number of fused-ring (bicyclic) bond motifs is 1. The third kappa shape index (κ3) is 5.80. The van der Waals surface area contributed by atoms with E-state index in [0.717, 1.165) is 4.90 Å². The zero-order valence-electron chi connectivity index (χ0n) is 21.5. The van der Waals surface area contributed by atoms with E-state index in [9.17, 15) is 29.3 Å². The molecule has 13 nitrogen and oxygen atoms in total. The summed E-state index contributed by atoms with van der Waals surface area (Å²) >= 11 is 0. The van der Waals surface area contributed by atoms with Crippen LogP contribution in [0.15, 0.2) is 59.4 Å². The van der Waals surface area contributed by atoms with E-state index in [4.69, 9.17) is 10.4 Å². The number of nitrogens with two attached hydrogens (primary N) is 1. The van der Waals surface area contributed by atoms with Crippen molar-refractivity contribution in [1.82, 2.24) is 20.0 Å². The van der Waals surface area contributed by atoms with Gasteiger partial charge in [0.25, 0.3) is 0 Å². The molecule has 39 heavy (non-hydrogen) atoms. The molecule has 0 saturated carbocycles. The van der Waals surface area contributed by atoms with Gasteiger partial charge in [-0.1, -0.05) is 18.2 Å². The largest absolute Gasteiger partial charge is 0.549 e. The Morgan fingerprint density at radius 1 is 1.26 bits per heavy atom. The molecule has 1 fully saturated rings. The SMILES string of the molecule is CCN1CCN(C(=O)NC(C2=CC=CN(C)C=C2)/C(N)=N/[C@H]2Cc3cccc(C(=O)O)c3OB2O)C(=O)C1=O. The van der Waals surface area contributed by atoms with Crippen molar-refractivity contribution < 1.29 is 34.0 Å². The van der Waals surface area contributed by atoms with Crippen molar-refractivity contribution in [1.29, 1.82) is 0 Å². The van der Waals surface area contributed by atoms with Gasteiger partial charge in [-0.25, -0.2) is 9.59 Å². The summed E-state index contributed by atoms with van der Waals surface area (Å²) in [4.78, 5) is 58.0. The molecule has 0 spiro atoms. The fourth-order valence-electron chi connectivity index (χ4n) is 4.44. The second-order valence-corrected chi connectivity index (χ2v) is 9.15. The molecule has 1 aromatic carbocycles. The molecule has 4 rings (SSSR count). The Balaban J connectivity index is 1.62. The standard InChI is InChI=1S/C25H29BN6O7/c1-3-31-12-13-32(23(34)22(31)33)25(37)29-19(15-7-5-10-30(2)11-9-15)21(27)28-18-14-16-6-4-8-17(24(35)36)20(16)39-26(18)38/h4-11,18-19,38H,3,12-14H2,1-2H3,(H2,27,28)(H,29,37)(H,35,36)/t18-,19?/m0/s1. The maximum absolute atomic E-state index is 13.2. The monoisotopic (exact) mass is 536 g/mol. The molecule has 14 heteroatoms. The van der Waals surface area contributed by atoms with Crippen LogP contribution in [0.4, 0.5) is 4.79 Å². The highest BCUT2D eigenvalue weighted by Gasteiger charge is 2.39. The van der Waals surface area contributed by atoms with E-state index in [-0.39, 0.29) is 36.7 Å². The zero-order chi connectivity index (χ0) is 28.3. The second-order valence-electron chi connectivity index (χ2n) is 9.15. The summed E-state index contributed by atoms with van der Waals surface area (Å²) in [7, 11) is 0.309. The minimum absolute atomic E-state index is 0.0173. The minimum atomic E-state index is -1.50. The maximum Gasteiger partial charge on any atom is 0.549 e. The first-order valence-corrected chi connectivity index (χ1v) is 12.3. The highest BCUT2D eigenvalue weighted by molar-refractivity contribution is 6.47. The molecule has 3 heterocycles. The molecule has 0 aromatic heterocycles. The van der Waals surface area contributed by atoms with Gasteiger partial charge in [0, 0.05) is 39.1 Å². The number of aliphatic imine (C=N–C) groups is 1. The van der Waals surface area contributed by atoms with Crippen LogP contribution in [0, 0.1) is 0 Å². The highest BCUT2D eigenvalue weighted by Crippen LogP contribution is 2.31. The van der Waals surface area contributed by atoms with Gasteiger partial charge in [-0.15, -0.1) is 0 Å². The van der Waals surface area contributed by atoms with Crippen molar-refractivity contribution in [2.75, 3.05) is 26.7 Å². The predicted octanol–water partition coefficient (Wildman–Crippen LogP) is -0.267. The predicted molar refractivity (Wildman–Crippen MR) is 142 cm³/mol. The topological polar surface area (TPSA) is 178 Å². The third-order valence-electron chi connectivity index (χ3n) is 6.58. The summed E-state index contributed by atoms with van der Waals surface area (Å²) in [5, 5.41) is 22.8. The number of imide groups is 1. The number of nitrogens with one attached hydrogen (secondary N) is 1. The number of likely N-dealkylation sites (N-methyl/N-ethyl adjacent to an activating group) is 1. The highest BCUT2D eigenvalue weighted by atomic mass is 16.5. The van der Waals surface area contributed by atoms with E-state index in [1.807, 2.05) is 7.05 Å². The lowest BCUT2D eigenvalue weighted by molar-refractivity contribution is -0.153. The van der Waals surface area contributed by atoms with Gasteiger partial charge in [-0.3, -0.25) is 19.5 Å². The van der Waals surface area contributed by atoms with Gasteiger partial charge in [-0.2, -0.15) is 0 Å². The Morgan fingerprint density at radius 2 is 2.03 bits per heavy atom. The second kappa shape index (κ2) is 11.4. The number of amidine groups is 1. The Bertz CT molecular complexity index is 1310. The fourth-order valence-corrected chi connectivity index (χ4v) is 4.44. The van der Waals surface area contributed by atoms with Crippen molar-refractivity contribution in [3.63, 3.8) is 0 Å². The van der Waals surface area contributed by atoms with Crippen molar-refractivity contribution in [3.8, 4) is 5.75 Å². The van der Waals surface area contributed by atoms with E-state index in [1.165, 1.54) is 11.0 Å². The van der Waals surface area contributed by atoms with Gasteiger partial charge < -0.3 is 35.6 Å². The summed E-state index contributed by atoms with van der Waals surface area (Å²) in [5.41, 5.74) is 7.36. The first-order chi connectivity index (χ1) is 18.6. The van der Waals surface area contributed by atoms with Gasteiger partial charge in [0.05, 0.1) is 5.56 Å². The smallest absolute Gasteiger partial charge is 0.534 e.